The number of aromatic nitrogens is 3. The van der Waals surface area contributed by atoms with Gasteiger partial charge in [0.2, 0.25) is 0 Å². The summed E-state index contributed by atoms with van der Waals surface area (Å²) in [6.45, 7) is 0. The Morgan fingerprint density at radius 2 is 2.00 bits per heavy atom. The third-order valence-corrected chi connectivity index (χ3v) is 3.12. The SMILES string of the molecule is CO[C@H](C(=O)Nc1ccnc2ccnn12)c1ccccc1. The summed E-state index contributed by atoms with van der Waals surface area (Å²) in [5, 5.41) is 6.95. The van der Waals surface area contributed by atoms with Crippen molar-refractivity contribution in [1.82, 2.24) is 14.6 Å². The molecule has 0 unspecified atom stereocenters. The summed E-state index contributed by atoms with van der Waals surface area (Å²) in [5.41, 5.74) is 1.46. The van der Waals surface area contributed by atoms with Crippen LogP contribution in [-0.2, 0) is 9.53 Å². The first-order chi connectivity index (χ1) is 10.3. The van der Waals surface area contributed by atoms with E-state index in [9.17, 15) is 4.79 Å². The number of carbonyl (C=O) groups excluding carboxylic acids is 1. The second-order valence-electron chi connectivity index (χ2n) is 4.45. The Balaban J connectivity index is 1.87. The van der Waals surface area contributed by atoms with Crippen LogP contribution in [0.2, 0.25) is 0 Å². The molecule has 1 N–H and O–H groups in total. The average molecular weight is 282 g/mol. The van der Waals surface area contributed by atoms with Gasteiger partial charge in [0.15, 0.2) is 11.8 Å². The van der Waals surface area contributed by atoms with Gasteiger partial charge in [-0.25, -0.2) is 4.98 Å². The Morgan fingerprint density at radius 1 is 1.19 bits per heavy atom. The molecule has 0 aliphatic carbocycles. The van der Waals surface area contributed by atoms with Gasteiger partial charge in [0.1, 0.15) is 5.82 Å². The summed E-state index contributed by atoms with van der Waals surface area (Å²) in [5.74, 6) is 0.291. The molecular formula is C15H14N4O2. The minimum Gasteiger partial charge on any atom is -0.367 e. The quantitative estimate of drug-likeness (QED) is 0.795. The number of benzene rings is 1. The number of rotatable bonds is 4. The maximum atomic E-state index is 12.4. The highest BCUT2D eigenvalue weighted by Crippen LogP contribution is 2.19. The third-order valence-electron chi connectivity index (χ3n) is 3.12. The van der Waals surface area contributed by atoms with Crippen molar-refractivity contribution in [2.75, 3.05) is 12.4 Å². The molecule has 1 aromatic carbocycles. The molecule has 6 heteroatoms. The van der Waals surface area contributed by atoms with Crippen molar-refractivity contribution in [3.63, 3.8) is 0 Å². The number of amides is 1. The Hall–Kier alpha value is -2.73. The van der Waals surface area contributed by atoms with E-state index in [1.807, 2.05) is 30.3 Å². The van der Waals surface area contributed by atoms with E-state index >= 15 is 0 Å². The van der Waals surface area contributed by atoms with Crippen LogP contribution in [0.5, 0.6) is 0 Å². The van der Waals surface area contributed by atoms with E-state index < -0.39 is 6.10 Å². The predicted molar refractivity (Wildman–Crippen MR) is 77.8 cm³/mol. The van der Waals surface area contributed by atoms with Gasteiger partial charge in [-0.1, -0.05) is 30.3 Å². The molecule has 0 aliphatic heterocycles. The fourth-order valence-corrected chi connectivity index (χ4v) is 2.14. The van der Waals surface area contributed by atoms with Gasteiger partial charge in [-0.05, 0) is 11.6 Å². The molecule has 0 fully saturated rings. The van der Waals surface area contributed by atoms with Gasteiger partial charge >= 0.3 is 0 Å². The lowest BCUT2D eigenvalue weighted by atomic mass is 10.1. The average Bonchev–Trinajstić information content (AvgIpc) is 2.99. The van der Waals surface area contributed by atoms with E-state index in [1.54, 1.807) is 29.0 Å². The summed E-state index contributed by atoms with van der Waals surface area (Å²) in [7, 11) is 1.51. The molecule has 21 heavy (non-hydrogen) atoms. The van der Waals surface area contributed by atoms with Crippen molar-refractivity contribution >= 4 is 17.4 Å². The summed E-state index contributed by atoms with van der Waals surface area (Å²) < 4.78 is 6.87. The zero-order chi connectivity index (χ0) is 14.7. The first-order valence-corrected chi connectivity index (χ1v) is 6.47. The van der Waals surface area contributed by atoms with Crippen LogP contribution in [0.25, 0.3) is 5.65 Å². The fraction of sp³-hybridized carbons (Fsp3) is 0.133. The van der Waals surface area contributed by atoms with Crippen molar-refractivity contribution in [2.45, 2.75) is 6.10 Å². The highest BCUT2D eigenvalue weighted by Gasteiger charge is 2.20. The van der Waals surface area contributed by atoms with Crippen LogP contribution >= 0.6 is 0 Å². The maximum absolute atomic E-state index is 12.4. The molecule has 0 radical (unpaired) electrons. The monoisotopic (exact) mass is 282 g/mol. The normalized spacial score (nSPS) is 12.2. The molecule has 2 aromatic heterocycles. The van der Waals surface area contributed by atoms with E-state index in [-0.39, 0.29) is 5.91 Å². The number of hydrogen-bond acceptors (Lipinski definition) is 4. The maximum Gasteiger partial charge on any atom is 0.259 e. The van der Waals surface area contributed by atoms with Gasteiger partial charge in [-0.2, -0.15) is 9.61 Å². The lowest BCUT2D eigenvalue weighted by Gasteiger charge is -2.15. The molecule has 3 aromatic rings. The zero-order valence-electron chi connectivity index (χ0n) is 11.4. The molecule has 1 amide bonds. The predicted octanol–water partition coefficient (Wildman–Crippen LogP) is 2.06. The van der Waals surface area contributed by atoms with Gasteiger partial charge in [-0.3, -0.25) is 4.79 Å². The second kappa shape index (κ2) is 5.72. The Labute approximate surface area is 121 Å². The molecule has 3 rings (SSSR count). The van der Waals surface area contributed by atoms with Gasteiger partial charge in [-0.15, -0.1) is 0 Å². The molecule has 0 saturated carbocycles. The number of ether oxygens (including phenoxy) is 1. The number of nitrogens with zero attached hydrogens (tertiary/aromatic N) is 3. The molecule has 2 heterocycles. The van der Waals surface area contributed by atoms with Crippen LogP contribution in [0.15, 0.2) is 54.9 Å². The zero-order valence-corrected chi connectivity index (χ0v) is 11.4. The molecule has 106 valence electrons. The van der Waals surface area contributed by atoms with Gasteiger partial charge in [0, 0.05) is 19.4 Å². The molecule has 0 saturated heterocycles. The molecule has 1 atom stereocenters. The molecule has 0 bridgehead atoms. The summed E-state index contributed by atoms with van der Waals surface area (Å²) >= 11 is 0. The standard InChI is InChI=1S/C15H14N4O2/c1-21-14(11-5-3-2-4-6-11)15(20)18-13-7-9-16-12-8-10-17-19(12)13/h2-10,14H,1H3,(H,18,20)/t14-/m0/s1. The number of fused-ring (bicyclic) bond motifs is 1. The summed E-state index contributed by atoms with van der Waals surface area (Å²) in [6.07, 6.45) is 2.57. The van der Waals surface area contributed by atoms with E-state index in [2.05, 4.69) is 15.4 Å². The van der Waals surface area contributed by atoms with E-state index in [0.717, 1.165) is 5.56 Å². The van der Waals surface area contributed by atoms with Crippen LogP contribution < -0.4 is 5.32 Å². The van der Waals surface area contributed by atoms with Crippen LogP contribution in [-0.4, -0.2) is 27.6 Å². The van der Waals surface area contributed by atoms with Crippen LogP contribution in [0.4, 0.5) is 5.82 Å². The minimum absolute atomic E-state index is 0.258. The topological polar surface area (TPSA) is 68.5 Å². The summed E-state index contributed by atoms with van der Waals surface area (Å²) in [6, 6.07) is 12.8. The molecule has 6 nitrogen and oxygen atoms in total. The minimum atomic E-state index is -0.676. The van der Waals surface area contributed by atoms with Crippen molar-refractivity contribution in [1.29, 1.82) is 0 Å². The Morgan fingerprint density at radius 3 is 2.76 bits per heavy atom. The van der Waals surface area contributed by atoms with Crippen molar-refractivity contribution in [3.05, 3.63) is 60.4 Å². The highest BCUT2D eigenvalue weighted by atomic mass is 16.5. The van der Waals surface area contributed by atoms with Crippen molar-refractivity contribution in [3.8, 4) is 0 Å². The molecule has 0 aliphatic rings. The number of carbonyl (C=O) groups is 1. The fourth-order valence-electron chi connectivity index (χ4n) is 2.14. The number of methoxy groups -OCH3 is 1. The van der Waals surface area contributed by atoms with Crippen LogP contribution in [0.3, 0.4) is 0 Å². The summed E-state index contributed by atoms with van der Waals surface area (Å²) in [4.78, 5) is 16.6. The van der Waals surface area contributed by atoms with E-state index in [4.69, 9.17) is 4.74 Å². The van der Waals surface area contributed by atoms with Crippen molar-refractivity contribution in [2.24, 2.45) is 0 Å². The lowest BCUT2D eigenvalue weighted by molar-refractivity contribution is -0.126. The third kappa shape index (κ3) is 2.61. The van der Waals surface area contributed by atoms with Gasteiger partial charge in [0.05, 0.1) is 6.20 Å². The van der Waals surface area contributed by atoms with Gasteiger partial charge < -0.3 is 10.1 Å². The largest absolute Gasteiger partial charge is 0.367 e. The Bertz CT molecular complexity index is 754. The van der Waals surface area contributed by atoms with E-state index in [0.29, 0.717) is 11.5 Å². The Kier molecular flexibility index (Phi) is 3.61. The number of nitrogens with one attached hydrogen (secondary N) is 1. The smallest absolute Gasteiger partial charge is 0.259 e. The van der Waals surface area contributed by atoms with Crippen molar-refractivity contribution < 1.29 is 9.53 Å². The number of hydrogen-bond donors (Lipinski definition) is 1. The molecule has 0 spiro atoms. The second-order valence-corrected chi connectivity index (χ2v) is 4.45. The molecular weight excluding hydrogens is 268 g/mol. The first-order valence-electron chi connectivity index (χ1n) is 6.47. The lowest BCUT2D eigenvalue weighted by Crippen LogP contribution is -2.23. The number of anilines is 1. The van der Waals surface area contributed by atoms with E-state index in [1.165, 1.54) is 7.11 Å². The van der Waals surface area contributed by atoms with Crippen LogP contribution in [0, 0.1) is 0 Å². The first kappa shape index (κ1) is 13.3. The van der Waals surface area contributed by atoms with Crippen LogP contribution in [0.1, 0.15) is 11.7 Å². The van der Waals surface area contributed by atoms with Gasteiger partial charge in [0.25, 0.3) is 5.91 Å². The highest BCUT2D eigenvalue weighted by molar-refractivity contribution is 5.94.